The number of fused-ring (bicyclic) bond motifs is 3. The fourth-order valence-electron chi connectivity index (χ4n) is 3.81. The molecular weight excluding hydrogens is 354 g/mol. The van der Waals surface area contributed by atoms with Crippen molar-refractivity contribution in [2.24, 2.45) is 12.1 Å². The predicted molar refractivity (Wildman–Crippen MR) is 123 cm³/mol. The Morgan fingerprint density at radius 1 is 0.655 bits per heavy atom. The third-order valence-corrected chi connectivity index (χ3v) is 5.26. The minimum absolute atomic E-state index is 1.03. The molecule has 0 saturated heterocycles. The molecule has 1 heterocycles. The zero-order chi connectivity index (χ0) is 19.6. The first-order valence-corrected chi connectivity index (χ1v) is 9.73. The molecule has 3 nitrogen and oxygen atoms in total. The minimum atomic E-state index is 1.03. The zero-order valence-electron chi connectivity index (χ0n) is 16.2. The van der Waals surface area contributed by atoms with Gasteiger partial charge in [-0.15, -0.1) is 0 Å². The quantitative estimate of drug-likeness (QED) is 0.259. The molecule has 140 valence electrons. The van der Waals surface area contributed by atoms with Crippen molar-refractivity contribution >= 4 is 39.4 Å². The summed E-state index contributed by atoms with van der Waals surface area (Å²) in [7, 11) is 2.12. The van der Waals surface area contributed by atoms with E-state index in [-0.39, 0.29) is 0 Å². The van der Waals surface area contributed by atoms with Gasteiger partial charge in [-0.25, -0.2) is 5.01 Å². The van der Waals surface area contributed by atoms with E-state index in [0.29, 0.717) is 0 Å². The van der Waals surface area contributed by atoms with Gasteiger partial charge in [0.2, 0.25) is 0 Å². The third kappa shape index (κ3) is 3.17. The summed E-state index contributed by atoms with van der Waals surface area (Å²) in [6.45, 7) is 0. The van der Waals surface area contributed by atoms with Crippen LogP contribution in [0.25, 0.3) is 21.8 Å². The molecule has 0 unspecified atom stereocenters. The molecule has 0 spiro atoms. The maximum Gasteiger partial charge on any atom is 0.0652 e. The van der Waals surface area contributed by atoms with Gasteiger partial charge in [0.05, 0.1) is 17.6 Å². The van der Waals surface area contributed by atoms with E-state index in [1.54, 1.807) is 0 Å². The van der Waals surface area contributed by atoms with Crippen LogP contribution in [-0.4, -0.2) is 10.8 Å². The van der Waals surface area contributed by atoms with E-state index < -0.39 is 0 Å². The van der Waals surface area contributed by atoms with E-state index in [0.717, 1.165) is 16.9 Å². The van der Waals surface area contributed by atoms with E-state index in [9.17, 15) is 0 Å². The monoisotopic (exact) mass is 375 g/mol. The molecule has 0 aliphatic heterocycles. The second-order valence-corrected chi connectivity index (χ2v) is 7.08. The Bertz CT molecular complexity index is 1260. The number of hydrazone groups is 1. The number of aromatic nitrogens is 1. The molecule has 4 aromatic carbocycles. The van der Waals surface area contributed by atoms with Crippen LogP contribution in [-0.2, 0) is 7.05 Å². The van der Waals surface area contributed by atoms with E-state index in [1.807, 2.05) is 47.6 Å². The number of nitrogens with zero attached hydrogens (tertiary/aromatic N) is 3. The Balaban J connectivity index is 1.58. The van der Waals surface area contributed by atoms with Crippen molar-refractivity contribution in [1.82, 2.24) is 4.57 Å². The van der Waals surface area contributed by atoms with Gasteiger partial charge in [-0.05, 0) is 48.0 Å². The molecule has 29 heavy (non-hydrogen) atoms. The van der Waals surface area contributed by atoms with Crippen molar-refractivity contribution in [3.05, 3.63) is 109 Å². The molecule has 0 saturated carbocycles. The van der Waals surface area contributed by atoms with Crippen molar-refractivity contribution in [3.63, 3.8) is 0 Å². The molecule has 3 heteroatoms. The molecule has 0 aliphatic rings. The summed E-state index contributed by atoms with van der Waals surface area (Å²) < 4.78 is 2.24. The van der Waals surface area contributed by atoms with Crippen molar-refractivity contribution in [2.75, 3.05) is 5.01 Å². The highest BCUT2D eigenvalue weighted by Gasteiger charge is 2.09. The van der Waals surface area contributed by atoms with Crippen LogP contribution in [0.1, 0.15) is 5.56 Å². The smallest absolute Gasteiger partial charge is 0.0652 e. The molecule has 0 amide bonds. The Morgan fingerprint density at radius 2 is 1.24 bits per heavy atom. The minimum Gasteiger partial charge on any atom is -0.344 e. The summed E-state index contributed by atoms with van der Waals surface area (Å²) in [6.07, 6.45) is 1.93. The predicted octanol–water partition coefficient (Wildman–Crippen LogP) is 6.50. The van der Waals surface area contributed by atoms with Gasteiger partial charge in [0.1, 0.15) is 0 Å². The van der Waals surface area contributed by atoms with Gasteiger partial charge in [-0.1, -0.05) is 60.7 Å². The highest BCUT2D eigenvalue weighted by atomic mass is 15.5. The summed E-state index contributed by atoms with van der Waals surface area (Å²) in [5.41, 5.74) is 5.60. The van der Waals surface area contributed by atoms with Crippen LogP contribution in [0.15, 0.2) is 108 Å². The first-order chi connectivity index (χ1) is 14.3. The van der Waals surface area contributed by atoms with Crippen molar-refractivity contribution in [2.45, 2.75) is 0 Å². The van der Waals surface area contributed by atoms with E-state index in [2.05, 4.69) is 78.3 Å². The number of hydrogen-bond donors (Lipinski definition) is 0. The first kappa shape index (κ1) is 17.3. The number of aryl methyl sites for hydroxylation is 1. The van der Waals surface area contributed by atoms with Gasteiger partial charge in [0.15, 0.2) is 0 Å². The van der Waals surface area contributed by atoms with Crippen LogP contribution in [0.5, 0.6) is 0 Å². The normalized spacial score (nSPS) is 11.5. The summed E-state index contributed by atoms with van der Waals surface area (Å²) in [5.74, 6) is 0. The number of benzene rings is 4. The van der Waals surface area contributed by atoms with E-state index in [4.69, 9.17) is 5.10 Å². The molecule has 5 rings (SSSR count). The van der Waals surface area contributed by atoms with E-state index in [1.165, 1.54) is 21.8 Å². The average molecular weight is 375 g/mol. The Kier molecular flexibility index (Phi) is 4.34. The van der Waals surface area contributed by atoms with Gasteiger partial charge in [0.25, 0.3) is 0 Å². The van der Waals surface area contributed by atoms with Crippen molar-refractivity contribution in [3.8, 4) is 0 Å². The second-order valence-electron chi connectivity index (χ2n) is 7.08. The molecule has 0 radical (unpaired) electrons. The Morgan fingerprint density at radius 3 is 1.93 bits per heavy atom. The maximum absolute atomic E-state index is 4.83. The van der Waals surface area contributed by atoms with Gasteiger partial charge < -0.3 is 4.57 Å². The largest absolute Gasteiger partial charge is 0.344 e. The molecular formula is C26H21N3. The molecule has 0 fully saturated rings. The lowest BCUT2D eigenvalue weighted by Crippen LogP contribution is -2.09. The van der Waals surface area contributed by atoms with Crippen LogP contribution < -0.4 is 5.01 Å². The standard InChI is InChI=1S/C26H21N3/c1-28-25-15-9-8-14-23(25)24-18-20(16-17-26(24)28)19-27-29(21-10-4-2-5-11-21)22-12-6-3-7-13-22/h2-19H,1H3. The summed E-state index contributed by atoms with van der Waals surface area (Å²) in [6, 6.07) is 35.5. The van der Waals surface area contributed by atoms with Crippen LogP contribution in [0, 0.1) is 0 Å². The number of rotatable bonds is 4. The van der Waals surface area contributed by atoms with Gasteiger partial charge >= 0.3 is 0 Å². The maximum atomic E-state index is 4.83. The Labute approximate surface area is 170 Å². The first-order valence-electron chi connectivity index (χ1n) is 9.73. The number of anilines is 2. The fraction of sp³-hybridized carbons (Fsp3) is 0.0385. The van der Waals surface area contributed by atoms with Crippen LogP contribution in [0.2, 0.25) is 0 Å². The molecule has 0 aliphatic carbocycles. The SMILES string of the molecule is Cn1c2ccccc2c2cc(C=NN(c3ccccc3)c3ccccc3)ccc21. The van der Waals surface area contributed by atoms with Gasteiger partial charge in [-0.2, -0.15) is 5.10 Å². The zero-order valence-corrected chi connectivity index (χ0v) is 16.2. The molecule has 0 bridgehead atoms. The Hall–Kier alpha value is -3.85. The summed E-state index contributed by atoms with van der Waals surface area (Å²) in [5, 5.41) is 9.31. The number of hydrogen-bond acceptors (Lipinski definition) is 2. The van der Waals surface area contributed by atoms with Crippen LogP contribution in [0.3, 0.4) is 0 Å². The van der Waals surface area contributed by atoms with Gasteiger partial charge in [0, 0.05) is 28.9 Å². The van der Waals surface area contributed by atoms with Crippen LogP contribution >= 0.6 is 0 Å². The summed E-state index contributed by atoms with van der Waals surface area (Å²) in [4.78, 5) is 0. The topological polar surface area (TPSA) is 20.5 Å². The molecule has 0 N–H and O–H groups in total. The fourth-order valence-corrected chi connectivity index (χ4v) is 3.81. The second kappa shape index (κ2) is 7.28. The third-order valence-electron chi connectivity index (χ3n) is 5.26. The van der Waals surface area contributed by atoms with E-state index >= 15 is 0 Å². The average Bonchev–Trinajstić information content (AvgIpc) is 3.07. The van der Waals surface area contributed by atoms with Crippen molar-refractivity contribution < 1.29 is 0 Å². The van der Waals surface area contributed by atoms with Crippen molar-refractivity contribution in [1.29, 1.82) is 0 Å². The summed E-state index contributed by atoms with van der Waals surface area (Å²) >= 11 is 0. The lowest BCUT2D eigenvalue weighted by Gasteiger charge is -2.19. The lowest BCUT2D eigenvalue weighted by atomic mass is 10.1. The highest BCUT2D eigenvalue weighted by Crippen LogP contribution is 2.29. The molecule has 5 aromatic rings. The van der Waals surface area contributed by atoms with Crippen LogP contribution in [0.4, 0.5) is 11.4 Å². The highest BCUT2D eigenvalue weighted by molar-refractivity contribution is 6.09. The lowest BCUT2D eigenvalue weighted by molar-refractivity contribution is 1.01. The molecule has 0 atom stereocenters. The van der Waals surface area contributed by atoms with Gasteiger partial charge in [-0.3, -0.25) is 0 Å². The number of para-hydroxylation sites is 3. The molecule has 1 aromatic heterocycles.